The Morgan fingerprint density at radius 2 is 2.21 bits per heavy atom. The van der Waals surface area contributed by atoms with E-state index in [1.54, 1.807) is 6.20 Å². The summed E-state index contributed by atoms with van der Waals surface area (Å²) in [5.41, 5.74) is 0.832. The molecule has 72 valence electrons. The first-order valence-corrected chi connectivity index (χ1v) is 5.09. The monoisotopic (exact) mass is 252 g/mol. The summed E-state index contributed by atoms with van der Waals surface area (Å²) in [4.78, 5) is 12.4. The van der Waals surface area contributed by atoms with Gasteiger partial charge in [-0.3, -0.25) is 0 Å². The Balaban J connectivity index is 2.49. The lowest BCUT2D eigenvalue weighted by molar-refractivity contribution is 0.767. The zero-order valence-electron chi connectivity index (χ0n) is 7.68. The predicted octanol–water partition coefficient (Wildman–Crippen LogP) is 2.12. The number of hydrogen-bond acceptors (Lipinski definition) is 3. The van der Waals surface area contributed by atoms with Crippen LogP contribution in [0.2, 0.25) is 0 Å². The van der Waals surface area contributed by atoms with Crippen LogP contribution in [0.1, 0.15) is 6.92 Å². The van der Waals surface area contributed by atoms with E-state index in [4.69, 9.17) is 0 Å². The number of halogens is 1. The molecule has 5 heteroatoms. The molecule has 2 aromatic heterocycles. The second-order valence-corrected chi connectivity index (χ2v) is 3.58. The van der Waals surface area contributed by atoms with Crippen LogP contribution in [-0.4, -0.2) is 19.5 Å². The Labute approximate surface area is 90.2 Å². The van der Waals surface area contributed by atoms with Gasteiger partial charge >= 0.3 is 0 Å². The molecule has 2 heterocycles. The number of aromatic nitrogens is 4. The highest BCUT2D eigenvalue weighted by atomic mass is 79.9. The standard InChI is InChI=1S/C9H9BrN4/c1-2-14-4-3-11-9(14)7-5-8(10)13-6-12-7/h3-6H,2H2,1H3. The van der Waals surface area contributed by atoms with Gasteiger partial charge in [0.2, 0.25) is 0 Å². The highest BCUT2D eigenvalue weighted by Crippen LogP contribution is 2.16. The first kappa shape index (κ1) is 9.33. The van der Waals surface area contributed by atoms with Gasteiger partial charge in [0.1, 0.15) is 16.6 Å². The fraction of sp³-hybridized carbons (Fsp3) is 0.222. The van der Waals surface area contributed by atoms with E-state index in [2.05, 4.69) is 37.8 Å². The molecular weight excluding hydrogens is 244 g/mol. The Hall–Kier alpha value is -1.23. The molecule has 0 aliphatic rings. The van der Waals surface area contributed by atoms with E-state index < -0.39 is 0 Å². The van der Waals surface area contributed by atoms with Crippen molar-refractivity contribution >= 4 is 15.9 Å². The van der Waals surface area contributed by atoms with Gasteiger partial charge in [-0.25, -0.2) is 15.0 Å². The average Bonchev–Trinajstić information content (AvgIpc) is 2.65. The number of aryl methyl sites for hydroxylation is 1. The topological polar surface area (TPSA) is 43.6 Å². The summed E-state index contributed by atoms with van der Waals surface area (Å²) >= 11 is 3.31. The maximum absolute atomic E-state index is 4.25. The van der Waals surface area contributed by atoms with Crippen LogP contribution in [0.15, 0.2) is 29.4 Å². The lowest BCUT2D eigenvalue weighted by Gasteiger charge is -2.03. The zero-order chi connectivity index (χ0) is 9.97. The van der Waals surface area contributed by atoms with Crippen molar-refractivity contribution in [2.45, 2.75) is 13.5 Å². The van der Waals surface area contributed by atoms with Crippen molar-refractivity contribution in [3.05, 3.63) is 29.4 Å². The SMILES string of the molecule is CCn1ccnc1-c1cc(Br)ncn1. The average molecular weight is 253 g/mol. The van der Waals surface area contributed by atoms with E-state index in [-0.39, 0.29) is 0 Å². The largest absolute Gasteiger partial charge is 0.330 e. The lowest BCUT2D eigenvalue weighted by atomic mass is 10.4. The highest BCUT2D eigenvalue weighted by Gasteiger charge is 2.06. The molecule has 0 aromatic carbocycles. The number of hydrogen-bond donors (Lipinski definition) is 0. The molecule has 0 aliphatic heterocycles. The van der Waals surface area contributed by atoms with Crippen molar-refractivity contribution in [1.82, 2.24) is 19.5 Å². The minimum absolute atomic E-state index is 0.771. The van der Waals surface area contributed by atoms with Crippen LogP contribution in [0, 0.1) is 0 Å². The number of rotatable bonds is 2. The molecule has 0 aliphatic carbocycles. The summed E-state index contributed by atoms with van der Waals surface area (Å²) < 4.78 is 2.81. The number of imidazole rings is 1. The van der Waals surface area contributed by atoms with Crippen LogP contribution >= 0.6 is 15.9 Å². The summed E-state index contributed by atoms with van der Waals surface area (Å²) in [6.45, 7) is 2.96. The van der Waals surface area contributed by atoms with Gasteiger partial charge in [-0.1, -0.05) is 0 Å². The van der Waals surface area contributed by atoms with Crippen LogP contribution in [0.3, 0.4) is 0 Å². The molecule has 0 unspecified atom stereocenters. The zero-order valence-corrected chi connectivity index (χ0v) is 9.27. The molecule has 0 amide bonds. The quantitative estimate of drug-likeness (QED) is 0.770. The van der Waals surface area contributed by atoms with Crippen molar-refractivity contribution in [2.24, 2.45) is 0 Å². The Kier molecular flexibility index (Phi) is 2.58. The lowest BCUT2D eigenvalue weighted by Crippen LogP contribution is -1.98. The molecule has 0 spiro atoms. The summed E-state index contributed by atoms with van der Waals surface area (Å²) in [7, 11) is 0. The normalized spacial score (nSPS) is 10.4. The Bertz CT molecular complexity index is 438. The van der Waals surface area contributed by atoms with Crippen LogP contribution in [0.4, 0.5) is 0 Å². The van der Waals surface area contributed by atoms with Crippen molar-refractivity contribution in [2.75, 3.05) is 0 Å². The first-order chi connectivity index (χ1) is 6.81. The molecule has 0 saturated heterocycles. The second-order valence-electron chi connectivity index (χ2n) is 2.76. The summed E-state index contributed by atoms with van der Waals surface area (Å²) in [6, 6.07) is 1.86. The van der Waals surface area contributed by atoms with Gasteiger partial charge in [0.05, 0.1) is 0 Å². The first-order valence-electron chi connectivity index (χ1n) is 4.30. The van der Waals surface area contributed by atoms with Crippen LogP contribution in [0.5, 0.6) is 0 Å². The third kappa shape index (κ3) is 1.68. The molecule has 0 bridgehead atoms. The van der Waals surface area contributed by atoms with Crippen molar-refractivity contribution < 1.29 is 0 Å². The third-order valence-electron chi connectivity index (χ3n) is 1.92. The molecule has 0 atom stereocenters. The summed E-state index contributed by atoms with van der Waals surface area (Å²) in [5, 5.41) is 0. The maximum atomic E-state index is 4.25. The minimum atomic E-state index is 0.771. The summed E-state index contributed by atoms with van der Waals surface area (Å²) in [5.74, 6) is 0.871. The van der Waals surface area contributed by atoms with E-state index in [0.29, 0.717) is 0 Å². The van der Waals surface area contributed by atoms with Gasteiger partial charge in [0.25, 0.3) is 0 Å². The van der Waals surface area contributed by atoms with Gasteiger partial charge in [-0.05, 0) is 22.9 Å². The second kappa shape index (κ2) is 3.88. The van der Waals surface area contributed by atoms with Crippen LogP contribution in [0.25, 0.3) is 11.5 Å². The highest BCUT2D eigenvalue weighted by molar-refractivity contribution is 9.10. The molecule has 0 N–H and O–H groups in total. The van der Waals surface area contributed by atoms with Crippen molar-refractivity contribution in [3.63, 3.8) is 0 Å². The fourth-order valence-corrected chi connectivity index (χ4v) is 1.56. The van der Waals surface area contributed by atoms with E-state index in [0.717, 1.165) is 22.7 Å². The molecule has 14 heavy (non-hydrogen) atoms. The predicted molar refractivity (Wildman–Crippen MR) is 56.6 cm³/mol. The summed E-state index contributed by atoms with van der Waals surface area (Å²) in [6.07, 6.45) is 5.23. The smallest absolute Gasteiger partial charge is 0.158 e. The van der Waals surface area contributed by atoms with E-state index in [1.165, 1.54) is 6.33 Å². The Morgan fingerprint density at radius 3 is 2.93 bits per heavy atom. The third-order valence-corrected chi connectivity index (χ3v) is 2.35. The van der Waals surface area contributed by atoms with Crippen molar-refractivity contribution in [1.29, 1.82) is 0 Å². The maximum Gasteiger partial charge on any atom is 0.158 e. The minimum Gasteiger partial charge on any atom is -0.330 e. The van der Waals surface area contributed by atoms with E-state index >= 15 is 0 Å². The molecule has 0 radical (unpaired) electrons. The van der Waals surface area contributed by atoms with E-state index in [1.807, 2.05) is 16.8 Å². The molecule has 2 rings (SSSR count). The van der Waals surface area contributed by atoms with Gasteiger partial charge in [-0.2, -0.15) is 0 Å². The van der Waals surface area contributed by atoms with Crippen molar-refractivity contribution in [3.8, 4) is 11.5 Å². The van der Waals surface area contributed by atoms with Gasteiger partial charge < -0.3 is 4.57 Å². The molecule has 0 fully saturated rings. The van der Waals surface area contributed by atoms with Gasteiger partial charge in [-0.15, -0.1) is 0 Å². The molecular formula is C9H9BrN4. The van der Waals surface area contributed by atoms with Gasteiger partial charge in [0.15, 0.2) is 5.82 Å². The number of nitrogens with zero attached hydrogens (tertiary/aromatic N) is 4. The van der Waals surface area contributed by atoms with Crippen LogP contribution < -0.4 is 0 Å². The van der Waals surface area contributed by atoms with E-state index in [9.17, 15) is 0 Å². The Morgan fingerprint density at radius 1 is 1.36 bits per heavy atom. The fourth-order valence-electron chi connectivity index (χ4n) is 1.25. The molecule has 2 aromatic rings. The molecule has 0 saturated carbocycles. The molecule has 4 nitrogen and oxygen atoms in total. The van der Waals surface area contributed by atoms with Gasteiger partial charge in [0, 0.05) is 25.0 Å². The van der Waals surface area contributed by atoms with Crippen LogP contribution in [-0.2, 0) is 6.54 Å².